The maximum absolute atomic E-state index is 10.8. The molecule has 0 heterocycles. The van der Waals surface area contributed by atoms with Crippen LogP contribution in [0.1, 0.15) is 18.9 Å². The van der Waals surface area contributed by atoms with Crippen molar-refractivity contribution in [3.05, 3.63) is 34.3 Å². The first-order valence-electron chi connectivity index (χ1n) is 4.60. The number of benzene rings is 1. The lowest BCUT2D eigenvalue weighted by Crippen LogP contribution is -2.15. The number of hydrogen-bond acceptors (Lipinski definition) is 1. The van der Waals surface area contributed by atoms with Gasteiger partial charge in [-0.2, -0.15) is 0 Å². The van der Waals surface area contributed by atoms with Crippen LogP contribution in [0.4, 0.5) is 0 Å². The van der Waals surface area contributed by atoms with Crippen LogP contribution in [-0.4, -0.2) is 11.1 Å². The number of carbonyl (C=O) groups is 1. The summed E-state index contributed by atoms with van der Waals surface area (Å²) in [5.74, 6) is -0.980. The van der Waals surface area contributed by atoms with Crippen molar-refractivity contribution >= 4 is 21.9 Å². The van der Waals surface area contributed by atoms with E-state index in [4.69, 9.17) is 5.11 Å². The molecule has 1 N–H and O–H groups in total. The Bertz CT molecular complexity index is 306. The third-order valence-corrected chi connectivity index (χ3v) is 2.77. The summed E-state index contributed by atoms with van der Waals surface area (Å²) in [7, 11) is 0. The van der Waals surface area contributed by atoms with E-state index in [0.29, 0.717) is 12.8 Å². The van der Waals surface area contributed by atoms with Crippen molar-refractivity contribution < 1.29 is 9.90 Å². The molecule has 0 aliphatic heterocycles. The minimum Gasteiger partial charge on any atom is -0.481 e. The third kappa shape index (κ3) is 3.14. The first kappa shape index (κ1) is 11.2. The average molecular weight is 257 g/mol. The molecule has 14 heavy (non-hydrogen) atoms. The molecular formula is C11H13BrO2. The van der Waals surface area contributed by atoms with Gasteiger partial charge in [0.25, 0.3) is 0 Å². The van der Waals surface area contributed by atoms with Crippen molar-refractivity contribution in [1.29, 1.82) is 0 Å². The second kappa shape index (κ2) is 5.15. The number of rotatable bonds is 4. The molecule has 1 atom stereocenters. The number of carboxylic acids is 1. The zero-order chi connectivity index (χ0) is 10.6. The second-order valence-corrected chi connectivity index (χ2v) is 4.19. The Kier molecular flexibility index (Phi) is 4.14. The molecule has 3 heteroatoms. The Morgan fingerprint density at radius 1 is 1.43 bits per heavy atom. The van der Waals surface area contributed by atoms with Crippen molar-refractivity contribution in [3.8, 4) is 0 Å². The summed E-state index contributed by atoms with van der Waals surface area (Å²) >= 11 is 3.34. The molecule has 0 aliphatic rings. The standard InChI is InChI=1S/C11H13BrO2/c1-2-9(11(13)14)7-8-3-5-10(12)6-4-8/h3-6,9H,2,7H2,1H3,(H,13,14)/t9-/m0/s1. The van der Waals surface area contributed by atoms with Crippen LogP contribution >= 0.6 is 15.9 Å². The van der Waals surface area contributed by atoms with Crippen molar-refractivity contribution in [1.82, 2.24) is 0 Å². The van der Waals surface area contributed by atoms with E-state index in [0.717, 1.165) is 10.0 Å². The van der Waals surface area contributed by atoms with Crippen LogP contribution in [0.5, 0.6) is 0 Å². The molecular weight excluding hydrogens is 244 g/mol. The molecule has 0 aliphatic carbocycles. The maximum Gasteiger partial charge on any atom is 0.306 e. The molecule has 2 nitrogen and oxygen atoms in total. The van der Waals surface area contributed by atoms with E-state index in [2.05, 4.69) is 15.9 Å². The van der Waals surface area contributed by atoms with Crippen LogP contribution < -0.4 is 0 Å². The minimum atomic E-state index is -0.713. The number of halogens is 1. The van der Waals surface area contributed by atoms with Crippen molar-refractivity contribution in [2.24, 2.45) is 5.92 Å². The van der Waals surface area contributed by atoms with Gasteiger partial charge in [-0.15, -0.1) is 0 Å². The van der Waals surface area contributed by atoms with Gasteiger partial charge >= 0.3 is 5.97 Å². The van der Waals surface area contributed by atoms with Gasteiger partial charge in [0.1, 0.15) is 0 Å². The van der Waals surface area contributed by atoms with E-state index in [1.54, 1.807) is 0 Å². The smallest absolute Gasteiger partial charge is 0.306 e. The van der Waals surface area contributed by atoms with Gasteiger partial charge in [-0.3, -0.25) is 4.79 Å². The van der Waals surface area contributed by atoms with Crippen LogP contribution in [0.15, 0.2) is 28.7 Å². The van der Waals surface area contributed by atoms with E-state index in [-0.39, 0.29) is 5.92 Å². The number of aliphatic carboxylic acids is 1. The summed E-state index contributed by atoms with van der Waals surface area (Å²) in [6.45, 7) is 1.90. The van der Waals surface area contributed by atoms with E-state index in [9.17, 15) is 4.79 Å². The molecule has 0 aromatic heterocycles. The molecule has 1 aromatic rings. The van der Waals surface area contributed by atoms with Crippen molar-refractivity contribution in [2.45, 2.75) is 19.8 Å². The largest absolute Gasteiger partial charge is 0.481 e. The summed E-state index contributed by atoms with van der Waals surface area (Å²) in [4.78, 5) is 10.8. The predicted octanol–water partition coefficient (Wildman–Crippen LogP) is 3.10. The van der Waals surface area contributed by atoms with Gasteiger partial charge < -0.3 is 5.11 Å². The van der Waals surface area contributed by atoms with Crippen LogP contribution in [-0.2, 0) is 11.2 Å². The molecule has 0 radical (unpaired) electrons. The Morgan fingerprint density at radius 2 is 2.00 bits per heavy atom. The fourth-order valence-electron chi connectivity index (χ4n) is 1.31. The molecule has 76 valence electrons. The summed E-state index contributed by atoms with van der Waals surface area (Å²) in [5, 5.41) is 8.88. The first-order valence-corrected chi connectivity index (χ1v) is 5.40. The van der Waals surface area contributed by atoms with Gasteiger partial charge in [0.05, 0.1) is 5.92 Å². The van der Waals surface area contributed by atoms with E-state index < -0.39 is 5.97 Å². The molecule has 1 aromatic carbocycles. The molecule has 1 rings (SSSR count). The van der Waals surface area contributed by atoms with Crippen LogP contribution in [0.2, 0.25) is 0 Å². The van der Waals surface area contributed by atoms with Gasteiger partial charge in [0.2, 0.25) is 0 Å². The summed E-state index contributed by atoms with van der Waals surface area (Å²) < 4.78 is 1.02. The fourth-order valence-corrected chi connectivity index (χ4v) is 1.58. The van der Waals surface area contributed by atoms with Gasteiger partial charge in [0, 0.05) is 4.47 Å². The quantitative estimate of drug-likeness (QED) is 0.899. The number of carboxylic acid groups (broad SMARTS) is 1. The highest BCUT2D eigenvalue weighted by Gasteiger charge is 2.14. The lowest BCUT2D eigenvalue weighted by Gasteiger charge is -2.09. The monoisotopic (exact) mass is 256 g/mol. The Hall–Kier alpha value is -0.830. The minimum absolute atomic E-state index is 0.267. The van der Waals surface area contributed by atoms with Gasteiger partial charge in [-0.25, -0.2) is 0 Å². The highest BCUT2D eigenvalue weighted by atomic mass is 79.9. The molecule has 0 bridgehead atoms. The highest BCUT2D eigenvalue weighted by molar-refractivity contribution is 9.10. The Labute approximate surface area is 92.1 Å². The summed E-state index contributed by atoms with van der Waals surface area (Å²) in [6, 6.07) is 7.78. The molecule has 0 unspecified atom stereocenters. The van der Waals surface area contributed by atoms with Gasteiger partial charge in [0.15, 0.2) is 0 Å². The summed E-state index contributed by atoms with van der Waals surface area (Å²) in [6.07, 6.45) is 1.28. The van der Waals surface area contributed by atoms with Crippen molar-refractivity contribution in [2.75, 3.05) is 0 Å². The topological polar surface area (TPSA) is 37.3 Å². The SMILES string of the molecule is CC[C@@H](Cc1ccc(Br)cc1)C(=O)O. The molecule has 0 fully saturated rings. The maximum atomic E-state index is 10.8. The van der Waals surface area contributed by atoms with E-state index in [1.807, 2.05) is 31.2 Å². The highest BCUT2D eigenvalue weighted by Crippen LogP contribution is 2.15. The zero-order valence-corrected chi connectivity index (χ0v) is 9.62. The van der Waals surface area contributed by atoms with E-state index >= 15 is 0 Å². The van der Waals surface area contributed by atoms with Gasteiger partial charge in [-0.05, 0) is 30.5 Å². The van der Waals surface area contributed by atoms with Crippen LogP contribution in [0, 0.1) is 5.92 Å². The first-order chi connectivity index (χ1) is 6.63. The Balaban J connectivity index is 2.67. The fraction of sp³-hybridized carbons (Fsp3) is 0.364. The predicted molar refractivity (Wildman–Crippen MR) is 59.3 cm³/mol. The number of hydrogen-bond donors (Lipinski definition) is 1. The lowest BCUT2D eigenvalue weighted by molar-refractivity contribution is -0.141. The lowest BCUT2D eigenvalue weighted by atomic mass is 9.97. The Morgan fingerprint density at radius 3 is 2.43 bits per heavy atom. The molecule has 0 amide bonds. The van der Waals surface area contributed by atoms with Gasteiger partial charge in [-0.1, -0.05) is 35.0 Å². The molecule has 0 saturated carbocycles. The summed E-state index contributed by atoms with van der Waals surface area (Å²) in [5.41, 5.74) is 1.07. The second-order valence-electron chi connectivity index (χ2n) is 3.27. The third-order valence-electron chi connectivity index (χ3n) is 2.24. The van der Waals surface area contributed by atoms with Crippen LogP contribution in [0.25, 0.3) is 0 Å². The van der Waals surface area contributed by atoms with E-state index in [1.165, 1.54) is 0 Å². The molecule has 0 spiro atoms. The molecule has 0 saturated heterocycles. The average Bonchev–Trinajstić information content (AvgIpc) is 2.16. The zero-order valence-electron chi connectivity index (χ0n) is 8.03. The van der Waals surface area contributed by atoms with Crippen molar-refractivity contribution in [3.63, 3.8) is 0 Å². The normalized spacial score (nSPS) is 12.4. The van der Waals surface area contributed by atoms with Crippen LogP contribution in [0.3, 0.4) is 0 Å².